The van der Waals surface area contributed by atoms with E-state index in [0.717, 1.165) is 44.1 Å². The van der Waals surface area contributed by atoms with Crippen LogP contribution in [0.5, 0.6) is 0 Å². The van der Waals surface area contributed by atoms with Crippen molar-refractivity contribution in [1.29, 1.82) is 0 Å². The van der Waals surface area contributed by atoms with Crippen molar-refractivity contribution in [3.05, 3.63) is 42.2 Å². The molecule has 1 saturated heterocycles. The lowest BCUT2D eigenvalue weighted by Crippen LogP contribution is -2.29. The highest BCUT2D eigenvalue weighted by Crippen LogP contribution is 2.22. The summed E-state index contributed by atoms with van der Waals surface area (Å²) in [5.41, 5.74) is 3.54. The van der Waals surface area contributed by atoms with Gasteiger partial charge in [0.2, 0.25) is 5.95 Å². The summed E-state index contributed by atoms with van der Waals surface area (Å²) in [6.07, 6.45) is 5.01. The Morgan fingerprint density at radius 2 is 1.85 bits per heavy atom. The van der Waals surface area contributed by atoms with Crippen LogP contribution in [-0.2, 0) is 0 Å². The molecule has 2 heterocycles. The molecular weight excluding hydrogens is 248 g/mol. The molecule has 1 aliphatic rings. The highest BCUT2D eigenvalue weighted by atomic mass is 15.3. The number of hydrogen-bond donors (Lipinski definition) is 1. The number of benzene rings is 1. The molecule has 1 fully saturated rings. The van der Waals surface area contributed by atoms with Crippen molar-refractivity contribution >= 4 is 5.95 Å². The third kappa shape index (κ3) is 2.80. The van der Waals surface area contributed by atoms with Crippen LogP contribution in [-0.4, -0.2) is 36.1 Å². The Morgan fingerprint density at radius 3 is 2.65 bits per heavy atom. The second-order valence-electron chi connectivity index (χ2n) is 5.18. The van der Waals surface area contributed by atoms with Crippen LogP contribution in [0.1, 0.15) is 12.0 Å². The quantitative estimate of drug-likeness (QED) is 0.907. The smallest absolute Gasteiger partial charge is 0.225 e. The first-order chi connectivity index (χ1) is 9.84. The zero-order valence-corrected chi connectivity index (χ0v) is 11.8. The molecule has 1 aliphatic heterocycles. The fourth-order valence-corrected chi connectivity index (χ4v) is 2.57. The van der Waals surface area contributed by atoms with Gasteiger partial charge in [-0.05, 0) is 31.0 Å². The summed E-state index contributed by atoms with van der Waals surface area (Å²) in [6.45, 7) is 6.20. The summed E-state index contributed by atoms with van der Waals surface area (Å²) in [5, 5.41) is 3.39. The number of aryl methyl sites for hydroxylation is 1. The van der Waals surface area contributed by atoms with Gasteiger partial charge in [0.25, 0.3) is 0 Å². The Hall–Kier alpha value is -1.94. The number of nitrogens with zero attached hydrogens (tertiary/aromatic N) is 3. The van der Waals surface area contributed by atoms with Crippen molar-refractivity contribution in [3.63, 3.8) is 0 Å². The van der Waals surface area contributed by atoms with Crippen LogP contribution in [0.15, 0.2) is 36.7 Å². The van der Waals surface area contributed by atoms with Gasteiger partial charge in [-0.1, -0.05) is 24.3 Å². The Balaban J connectivity index is 1.82. The normalized spacial score (nSPS) is 15.9. The molecule has 2 aromatic rings. The van der Waals surface area contributed by atoms with E-state index in [9.17, 15) is 0 Å². The monoisotopic (exact) mass is 268 g/mol. The van der Waals surface area contributed by atoms with Gasteiger partial charge < -0.3 is 10.2 Å². The van der Waals surface area contributed by atoms with Crippen LogP contribution in [0, 0.1) is 6.92 Å². The molecule has 0 unspecified atom stereocenters. The maximum absolute atomic E-state index is 4.55. The standard InChI is InChI=1S/C16H20N4/c1-13-5-2-3-6-15(13)14-11-18-16(19-12-14)20-9-4-7-17-8-10-20/h2-3,5-6,11-12,17H,4,7-10H2,1H3. The van der Waals surface area contributed by atoms with E-state index in [4.69, 9.17) is 0 Å². The Morgan fingerprint density at radius 1 is 1.05 bits per heavy atom. The highest BCUT2D eigenvalue weighted by Gasteiger charge is 2.12. The molecule has 1 aromatic heterocycles. The summed E-state index contributed by atoms with van der Waals surface area (Å²) >= 11 is 0. The van der Waals surface area contributed by atoms with Gasteiger partial charge in [-0.15, -0.1) is 0 Å². The average Bonchev–Trinajstić information content (AvgIpc) is 2.77. The van der Waals surface area contributed by atoms with Crippen LogP contribution >= 0.6 is 0 Å². The molecule has 104 valence electrons. The molecule has 3 rings (SSSR count). The van der Waals surface area contributed by atoms with Crippen LogP contribution in [0.2, 0.25) is 0 Å². The third-order valence-electron chi connectivity index (χ3n) is 3.72. The highest BCUT2D eigenvalue weighted by molar-refractivity contribution is 5.65. The minimum atomic E-state index is 0.839. The molecule has 4 nitrogen and oxygen atoms in total. The molecule has 0 bridgehead atoms. The van der Waals surface area contributed by atoms with E-state index in [2.05, 4.69) is 51.4 Å². The predicted molar refractivity (Wildman–Crippen MR) is 81.9 cm³/mol. The first kappa shape index (κ1) is 13.1. The van der Waals surface area contributed by atoms with Crippen molar-refractivity contribution in [2.24, 2.45) is 0 Å². The van der Waals surface area contributed by atoms with E-state index in [1.807, 2.05) is 12.4 Å². The van der Waals surface area contributed by atoms with Crippen molar-refractivity contribution in [2.75, 3.05) is 31.1 Å². The fourth-order valence-electron chi connectivity index (χ4n) is 2.57. The van der Waals surface area contributed by atoms with Gasteiger partial charge in [-0.3, -0.25) is 0 Å². The van der Waals surface area contributed by atoms with Crippen molar-refractivity contribution < 1.29 is 0 Å². The first-order valence-electron chi connectivity index (χ1n) is 7.18. The second kappa shape index (κ2) is 6.01. The van der Waals surface area contributed by atoms with Crippen LogP contribution < -0.4 is 10.2 Å². The molecule has 0 spiro atoms. The minimum absolute atomic E-state index is 0.839. The number of anilines is 1. The van der Waals surface area contributed by atoms with E-state index in [1.54, 1.807) is 0 Å². The molecule has 0 amide bonds. The summed E-state index contributed by atoms with van der Waals surface area (Å²) in [5.74, 6) is 0.839. The van der Waals surface area contributed by atoms with Crippen molar-refractivity contribution in [3.8, 4) is 11.1 Å². The maximum Gasteiger partial charge on any atom is 0.225 e. The maximum atomic E-state index is 4.55. The van der Waals surface area contributed by atoms with Crippen LogP contribution in [0.25, 0.3) is 11.1 Å². The second-order valence-corrected chi connectivity index (χ2v) is 5.18. The molecular formula is C16H20N4. The zero-order chi connectivity index (χ0) is 13.8. The zero-order valence-electron chi connectivity index (χ0n) is 11.8. The molecule has 0 atom stereocenters. The number of aromatic nitrogens is 2. The molecule has 0 radical (unpaired) electrons. The number of nitrogens with one attached hydrogen (secondary N) is 1. The van der Waals surface area contributed by atoms with Crippen molar-refractivity contribution in [2.45, 2.75) is 13.3 Å². The van der Waals surface area contributed by atoms with Crippen LogP contribution in [0.4, 0.5) is 5.95 Å². The topological polar surface area (TPSA) is 41.1 Å². The lowest BCUT2D eigenvalue weighted by molar-refractivity contribution is 0.724. The van der Waals surface area contributed by atoms with E-state index < -0.39 is 0 Å². The summed E-state index contributed by atoms with van der Waals surface area (Å²) in [7, 11) is 0. The minimum Gasteiger partial charge on any atom is -0.340 e. The number of rotatable bonds is 2. The Kier molecular flexibility index (Phi) is 3.92. The van der Waals surface area contributed by atoms with Gasteiger partial charge in [0, 0.05) is 37.6 Å². The summed E-state index contributed by atoms with van der Waals surface area (Å²) in [4.78, 5) is 11.3. The van der Waals surface area contributed by atoms with Crippen molar-refractivity contribution in [1.82, 2.24) is 15.3 Å². The molecule has 0 saturated carbocycles. The fraction of sp³-hybridized carbons (Fsp3) is 0.375. The van der Waals surface area contributed by atoms with Gasteiger partial charge in [0.15, 0.2) is 0 Å². The number of hydrogen-bond acceptors (Lipinski definition) is 4. The Bertz CT molecular complexity index is 557. The van der Waals surface area contributed by atoms with E-state index in [1.165, 1.54) is 11.1 Å². The van der Waals surface area contributed by atoms with Gasteiger partial charge in [0.1, 0.15) is 0 Å². The first-order valence-corrected chi connectivity index (χ1v) is 7.18. The molecule has 4 heteroatoms. The largest absolute Gasteiger partial charge is 0.340 e. The SMILES string of the molecule is Cc1ccccc1-c1cnc(N2CCCNCC2)nc1. The Labute approximate surface area is 119 Å². The van der Waals surface area contributed by atoms with E-state index >= 15 is 0 Å². The predicted octanol–water partition coefficient (Wildman–Crippen LogP) is 2.25. The third-order valence-corrected chi connectivity index (χ3v) is 3.72. The lowest BCUT2D eigenvalue weighted by atomic mass is 10.0. The van der Waals surface area contributed by atoms with Gasteiger partial charge in [-0.2, -0.15) is 0 Å². The van der Waals surface area contributed by atoms with Gasteiger partial charge >= 0.3 is 0 Å². The van der Waals surface area contributed by atoms with E-state index in [0.29, 0.717) is 0 Å². The summed E-state index contributed by atoms with van der Waals surface area (Å²) < 4.78 is 0. The van der Waals surface area contributed by atoms with Crippen LogP contribution in [0.3, 0.4) is 0 Å². The molecule has 0 aliphatic carbocycles. The van der Waals surface area contributed by atoms with E-state index in [-0.39, 0.29) is 0 Å². The van der Waals surface area contributed by atoms with Gasteiger partial charge in [-0.25, -0.2) is 9.97 Å². The van der Waals surface area contributed by atoms with Gasteiger partial charge in [0.05, 0.1) is 0 Å². The lowest BCUT2D eigenvalue weighted by Gasteiger charge is -2.19. The summed E-state index contributed by atoms with van der Waals surface area (Å²) in [6, 6.07) is 8.34. The molecule has 20 heavy (non-hydrogen) atoms. The average molecular weight is 268 g/mol. The molecule has 1 N–H and O–H groups in total. The molecule has 1 aromatic carbocycles.